The molecule has 0 saturated heterocycles. The van der Waals surface area contributed by atoms with Crippen LogP contribution in [-0.4, -0.2) is 16.4 Å². The van der Waals surface area contributed by atoms with Gasteiger partial charge in [-0.1, -0.05) is 36.4 Å². The van der Waals surface area contributed by atoms with Gasteiger partial charge in [0.25, 0.3) is 0 Å². The van der Waals surface area contributed by atoms with E-state index >= 15 is 0 Å². The van der Waals surface area contributed by atoms with Gasteiger partial charge in [-0.25, -0.2) is 4.98 Å². The zero-order chi connectivity index (χ0) is 13.0. The van der Waals surface area contributed by atoms with E-state index in [0.29, 0.717) is 0 Å². The second kappa shape index (κ2) is 6.52. The molecule has 0 atom stereocenters. The number of aryl methyl sites for hydroxylation is 1. The van der Waals surface area contributed by atoms with E-state index in [1.54, 1.807) is 11.8 Å². The second-order valence-corrected chi connectivity index (χ2v) is 6.13. The summed E-state index contributed by atoms with van der Waals surface area (Å²) in [6.45, 7) is 2.81. The Balaban J connectivity index is 2.25. The SMILES string of the molecule is CCc1nsc(Sc2cccc(Cl)c2CNC)n1. The summed E-state index contributed by atoms with van der Waals surface area (Å²) in [5.41, 5.74) is 1.11. The lowest BCUT2D eigenvalue weighted by atomic mass is 10.2. The van der Waals surface area contributed by atoms with Gasteiger partial charge in [0.1, 0.15) is 5.82 Å². The van der Waals surface area contributed by atoms with Gasteiger partial charge in [-0.3, -0.25) is 0 Å². The number of aromatic nitrogens is 2. The van der Waals surface area contributed by atoms with Crippen LogP contribution in [0.3, 0.4) is 0 Å². The van der Waals surface area contributed by atoms with Crippen molar-refractivity contribution in [1.29, 1.82) is 0 Å². The average molecular weight is 300 g/mol. The van der Waals surface area contributed by atoms with Crippen molar-refractivity contribution in [1.82, 2.24) is 14.7 Å². The van der Waals surface area contributed by atoms with Gasteiger partial charge in [0.2, 0.25) is 0 Å². The van der Waals surface area contributed by atoms with Gasteiger partial charge in [-0.15, -0.1) is 0 Å². The summed E-state index contributed by atoms with van der Waals surface area (Å²) in [7, 11) is 1.91. The second-order valence-electron chi connectivity index (χ2n) is 3.68. The van der Waals surface area contributed by atoms with Gasteiger partial charge in [-0.2, -0.15) is 4.37 Å². The molecule has 2 aromatic rings. The van der Waals surface area contributed by atoms with E-state index in [2.05, 4.69) is 27.7 Å². The highest BCUT2D eigenvalue weighted by Gasteiger charge is 2.10. The molecular formula is C12H14ClN3S2. The minimum absolute atomic E-state index is 0.751. The summed E-state index contributed by atoms with van der Waals surface area (Å²) >= 11 is 9.29. The zero-order valence-electron chi connectivity index (χ0n) is 10.2. The first-order valence-electron chi connectivity index (χ1n) is 5.67. The lowest BCUT2D eigenvalue weighted by molar-refractivity contribution is 0.803. The van der Waals surface area contributed by atoms with Gasteiger partial charge in [0.05, 0.1) is 0 Å². The number of rotatable bonds is 5. The van der Waals surface area contributed by atoms with Crippen molar-refractivity contribution in [3.05, 3.63) is 34.6 Å². The Morgan fingerprint density at radius 2 is 2.28 bits per heavy atom. The third-order valence-corrected chi connectivity index (χ3v) is 4.64. The molecule has 18 heavy (non-hydrogen) atoms. The number of nitrogens with one attached hydrogen (secondary N) is 1. The smallest absolute Gasteiger partial charge is 0.174 e. The maximum atomic E-state index is 6.22. The number of hydrogen-bond acceptors (Lipinski definition) is 5. The predicted molar refractivity (Wildman–Crippen MR) is 77.6 cm³/mol. The molecular weight excluding hydrogens is 286 g/mol. The Morgan fingerprint density at radius 3 is 2.94 bits per heavy atom. The Labute approximate surface area is 120 Å². The molecule has 1 aromatic heterocycles. The molecule has 3 nitrogen and oxygen atoms in total. The minimum atomic E-state index is 0.751. The van der Waals surface area contributed by atoms with Gasteiger partial charge < -0.3 is 5.32 Å². The summed E-state index contributed by atoms with van der Waals surface area (Å²) in [5.74, 6) is 0.902. The summed E-state index contributed by atoms with van der Waals surface area (Å²) < 4.78 is 5.25. The highest BCUT2D eigenvalue weighted by Crippen LogP contribution is 2.34. The molecule has 0 radical (unpaired) electrons. The fraction of sp³-hybridized carbons (Fsp3) is 0.333. The first-order valence-corrected chi connectivity index (χ1v) is 7.63. The van der Waals surface area contributed by atoms with Crippen molar-refractivity contribution in [2.45, 2.75) is 29.1 Å². The molecule has 0 saturated carbocycles. The van der Waals surface area contributed by atoms with Crippen molar-refractivity contribution >= 4 is 34.9 Å². The predicted octanol–water partition coefficient (Wildman–Crippen LogP) is 3.62. The highest BCUT2D eigenvalue weighted by molar-refractivity contribution is 8.01. The van der Waals surface area contributed by atoms with Gasteiger partial charge >= 0.3 is 0 Å². The third-order valence-electron chi connectivity index (χ3n) is 2.39. The molecule has 1 aromatic carbocycles. The van der Waals surface area contributed by atoms with Crippen LogP contribution in [0.4, 0.5) is 0 Å². The first-order chi connectivity index (χ1) is 8.74. The van der Waals surface area contributed by atoms with E-state index in [-0.39, 0.29) is 0 Å². The highest BCUT2D eigenvalue weighted by atomic mass is 35.5. The van der Waals surface area contributed by atoms with Crippen LogP contribution in [0, 0.1) is 0 Å². The molecule has 6 heteroatoms. The molecule has 0 aliphatic carbocycles. The number of nitrogens with zero attached hydrogens (tertiary/aromatic N) is 2. The Kier molecular flexibility index (Phi) is 5.00. The summed E-state index contributed by atoms with van der Waals surface area (Å²) in [6, 6.07) is 5.94. The normalized spacial score (nSPS) is 10.8. The van der Waals surface area contributed by atoms with Crippen LogP contribution >= 0.6 is 34.9 Å². The van der Waals surface area contributed by atoms with Gasteiger partial charge in [0.15, 0.2) is 4.34 Å². The molecule has 0 spiro atoms. The van der Waals surface area contributed by atoms with Crippen LogP contribution in [0.2, 0.25) is 5.02 Å². The van der Waals surface area contributed by atoms with Crippen LogP contribution in [-0.2, 0) is 13.0 Å². The molecule has 2 rings (SSSR count). The Morgan fingerprint density at radius 1 is 1.44 bits per heavy atom. The van der Waals surface area contributed by atoms with Crippen molar-refractivity contribution in [2.75, 3.05) is 7.05 Å². The monoisotopic (exact) mass is 299 g/mol. The number of halogens is 1. The van der Waals surface area contributed by atoms with Crippen LogP contribution in [0.25, 0.3) is 0 Å². The van der Waals surface area contributed by atoms with Crippen LogP contribution in [0.15, 0.2) is 27.4 Å². The molecule has 0 fully saturated rings. The summed E-state index contributed by atoms with van der Waals surface area (Å²) in [5, 5.41) is 3.92. The zero-order valence-corrected chi connectivity index (χ0v) is 12.6. The van der Waals surface area contributed by atoms with Crippen molar-refractivity contribution in [2.24, 2.45) is 0 Å². The van der Waals surface area contributed by atoms with E-state index in [0.717, 1.165) is 38.6 Å². The lowest BCUT2D eigenvalue weighted by Gasteiger charge is -2.08. The number of hydrogen-bond donors (Lipinski definition) is 1. The van der Waals surface area contributed by atoms with E-state index in [9.17, 15) is 0 Å². The van der Waals surface area contributed by atoms with E-state index in [1.807, 2.05) is 19.2 Å². The van der Waals surface area contributed by atoms with Crippen molar-refractivity contribution < 1.29 is 0 Å². The summed E-state index contributed by atoms with van der Waals surface area (Å²) in [6.07, 6.45) is 0.871. The van der Waals surface area contributed by atoms with Gasteiger partial charge in [0, 0.05) is 22.9 Å². The fourth-order valence-corrected chi connectivity index (χ4v) is 3.62. The van der Waals surface area contributed by atoms with Crippen molar-refractivity contribution in [3.63, 3.8) is 0 Å². The van der Waals surface area contributed by atoms with Crippen LogP contribution < -0.4 is 5.32 Å². The summed E-state index contributed by atoms with van der Waals surface area (Å²) in [4.78, 5) is 5.60. The molecule has 0 aliphatic heterocycles. The first kappa shape index (κ1) is 13.8. The topological polar surface area (TPSA) is 37.8 Å². The minimum Gasteiger partial charge on any atom is -0.316 e. The maximum absolute atomic E-state index is 6.22. The lowest BCUT2D eigenvalue weighted by Crippen LogP contribution is -2.06. The average Bonchev–Trinajstić information content (AvgIpc) is 2.81. The van der Waals surface area contributed by atoms with Crippen LogP contribution in [0.1, 0.15) is 18.3 Å². The Bertz CT molecular complexity index is 528. The number of benzene rings is 1. The fourth-order valence-electron chi connectivity index (χ4n) is 1.50. The van der Waals surface area contributed by atoms with E-state index in [1.165, 1.54) is 11.5 Å². The largest absolute Gasteiger partial charge is 0.316 e. The standard InChI is InChI=1S/C12H14ClN3S2/c1-3-11-15-12(18-16-11)17-10-6-4-5-9(13)8(10)7-14-2/h4-6,14H,3,7H2,1-2H3. The quantitative estimate of drug-likeness (QED) is 0.915. The molecule has 1 N–H and O–H groups in total. The molecule has 0 unspecified atom stereocenters. The molecule has 96 valence electrons. The van der Waals surface area contributed by atoms with Crippen LogP contribution in [0.5, 0.6) is 0 Å². The van der Waals surface area contributed by atoms with E-state index in [4.69, 9.17) is 11.6 Å². The molecule has 1 heterocycles. The maximum Gasteiger partial charge on any atom is 0.174 e. The van der Waals surface area contributed by atoms with Gasteiger partial charge in [-0.05, 0) is 36.3 Å². The molecule has 0 amide bonds. The Hall–Kier alpha value is -0.620. The molecule has 0 aliphatic rings. The third kappa shape index (κ3) is 3.23. The van der Waals surface area contributed by atoms with Crippen molar-refractivity contribution in [3.8, 4) is 0 Å². The van der Waals surface area contributed by atoms with E-state index < -0.39 is 0 Å². The molecule has 0 bridgehead atoms.